The normalized spacial score (nSPS) is 10.0. The van der Waals surface area contributed by atoms with Crippen LogP contribution in [0.3, 0.4) is 0 Å². The lowest BCUT2D eigenvalue weighted by Crippen LogP contribution is -2.37. The summed E-state index contributed by atoms with van der Waals surface area (Å²) in [4.78, 5) is 34.6. The largest absolute Gasteiger partial charge is 0.480 e. The fourth-order valence-corrected chi connectivity index (χ4v) is 1.27. The van der Waals surface area contributed by atoms with Crippen molar-refractivity contribution in [1.82, 2.24) is 14.7 Å². The Kier molecular flexibility index (Phi) is 3.97. The Morgan fingerprint density at radius 1 is 1.47 bits per heavy atom. The van der Waals surface area contributed by atoms with Gasteiger partial charge in [-0.3, -0.25) is 14.4 Å². The number of aliphatic carboxylic acids is 1. The lowest BCUT2D eigenvalue weighted by molar-refractivity contribution is -0.137. The van der Waals surface area contributed by atoms with E-state index in [0.29, 0.717) is 0 Å². The summed E-state index contributed by atoms with van der Waals surface area (Å²) in [5.41, 5.74) is -0.280. The van der Waals surface area contributed by atoms with Crippen molar-refractivity contribution in [2.75, 3.05) is 13.1 Å². The molecule has 0 saturated carbocycles. The fraction of sp³-hybridized carbons (Fsp3) is 0.400. The van der Waals surface area contributed by atoms with Crippen LogP contribution in [0.25, 0.3) is 0 Å². The van der Waals surface area contributed by atoms with Gasteiger partial charge in [0.1, 0.15) is 12.2 Å². The van der Waals surface area contributed by atoms with Crippen LogP contribution in [-0.4, -0.2) is 44.8 Å². The highest BCUT2D eigenvalue weighted by Gasteiger charge is 2.18. The van der Waals surface area contributed by atoms with Gasteiger partial charge in [-0.25, -0.2) is 4.68 Å². The topological polar surface area (TPSA) is 92.5 Å². The number of carboxylic acids is 1. The molecule has 1 aromatic heterocycles. The van der Waals surface area contributed by atoms with E-state index < -0.39 is 11.9 Å². The van der Waals surface area contributed by atoms with E-state index >= 15 is 0 Å². The monoisotopic (exact) mass is 239 g/mol. The standard InChI is InChI=1S/C10H13N3O4/c1-3-13(6-9(15)16)10(17)7-4-5-8(14)12(2)11-7/h4-5H,3,6H2,1-2H3,(H,15,16). The molecule has 0 spiro atoms. The van der Waals surface area contributed by atoms with Crippen molar-refractivity contribution in [2.45, 2.75) is 6.92 Å². The molecule has 0 aromatic carbocycles. The molecule has 0 bridgehead atoms. The molecule has 1 N–H and O–H groups in total. The fourth-order valence-electron chi connectivity index (χ4n) is 1.27. The zero-order valence-corrected chi connectivity index (χ0v) is 9.58. The number of hydrogen-bond acceptors (Lipinski definition) is 4. The molecule has 0 radical (unpaired) electrons. The summed E-state index contributed by atoms with van der Waals surface area (Å²) >= 11 is 0. The molecule has 0 aliphatic rings. The minimum absolute atomic E-state index is 0.0511. The van der Waals surface area contributed by atoms with E-state index in [0.717, 1.165) is 9.58 Å². The minimum atomic E-state index is -1.09. The molecule has 0 saturated heterocycles. The van der Waals surface area contributed by atoms with Crippen LogP contribution < -0.4 is 5.56 Å². The van der Waals surface area contributed by atoms with E-state index in [1.807, 2.05) is 0 Å². The maximum absolute atomic E-state index is 11.9. The summed E-state index contributed by atoms with van der Waals surface area (Å²) < 4.78 is 1.03. The van der Waals surface area contributed by atoms with Gasteiger partial charge in [0.15, 0.2) is 0 Å². The lowest BCUT2D eigenvalue weighted by atomic mass is 10.3. The Morgan fingerprint density at radius 3 is 2.59 bits per heavy atom. The van der Waals surface area contributed by atoms with E-state index in [-0.39, 0.29) is 24.3 Å². The van der Waals surface area contributed by atoms with E-state index in [2.05, 4.69) is 5.10 Å². The number of likely N-dealkylation sites (N-methyl/N-ethyl adjacent to an activating group) is 1. The van der Waals surface area contributed by atoms with Gasteiger partial charge in [-0.2, -0.15) is 5.10 Å². The molecule has 0 fully saturated rings. The van der Waals surface area contributed by atoms with Crippen molar-refractivity contribution in [3.63, 3.8) is 0 Å². The molecule has 0 aliphatic carbocycles. The van der Waals surface area contributed by atoms with Gasteiger partial charge in [0.05, 0.1) is 0 Å². The van der Waals surface area contributed by atoms with Gasteiger partial charge in [0.25, 0.3) is 11.5 Å². The van der Waals surface area contributed by atoms with Crippen LogP contribution in [0.4, 0.5) is 0 Å². The molecule has 7 heteroatoms. The van der Waals surface area contributed by atoms with Crippen LogP contribution in [-0.2, 0) is 11.8 Å². The second kappa shape index (κ2) is 5.24. The van der Waals surface area contributed by atoms with Gasteiger partial charge < -0.3 is 10.0 Å². The number of rotatable bonds is 4. The minimum Gasteiger partial charge on any atom is -0.480 e. The number of carboxylic acid groups (broad SMARTS) is 1. The molecule has 7 nitrogen and oxygen atoms in total. The summed E-state index contributed by atoms with van der Waals surface area (Å²) in [6.45, 7) is 1.54. The Balaban J connectivity index is 2.97. The molecule has 1 aromatic rings. The Hall–Kier alpha value is -2.18. The number of carbonyl (C=O) groups excluding carboxylic acids is 1. The van der Waals surface area contributed by atoms with Crippen molar-refractivity contribution in [3.05, 3.63) is 28.2 Å². The highest BCUT2D eigenvalue weighted by atomic mass is 16.4. The molecule has 1 rings (SSSR count). The first kappa shape index (κ1) is 12.9. The SMILES string of the molecule is CCN(CC(=O)O)C(=O)c1ccc(=O)n(C)n1. The highest BCUT2D eigenvalue weighted by molar-refractivity contribution is 5.93. The van der Waals surface area contributed by atoms with Crippen LogP contribution in [0.1, 0.15) is 17.4 Å². The summed E-state index contributed by atoms with van der Waals surface area (Å²) in [6, 6.07) is 2.50. The average Bonchev–Trinajstić information content (AvgIpc) is 2.28. The van der Waals surface area contributed by atoms with Crippen molar-refractivity contribution in [3.8, 4) is 0 Å². The number of aromatic nitrogens is 2. The molecule has 0 aliphatic heterocycles. The third-order valence-corrected chi connectivity index (χ3v) is 2.17. The van der Waals surface area contributed by atoms with E-state index in [9.17, 15) is 14.4 Å². The molecule has 0 atom stereocenters. The van der Waals surface area contributed by atoms with Crippen LogP contribution in [0.5, 0.6) is 0 Å². The lowest BCUT2D eigenvalue weighted by Gasteiger charge is -2.17. The summed E-state index contributed by atoms with van der Waals surface area (Å²) in [7, 11) is 1.42. The summed E-state index contributed by atoms with van der Waals surface area (Å²) in [5, 5.41) is 12.4. The van der Waals surface area contributed by atoms with Crippen molar-refractivity contribution in [2.24, 2.45) is 7.05 Å². The predicted molar refractivity (Wildman–Crippen MR) is 58.7 cm³/mol. The Labute approximate surface area is 97.3 Å². The van der Waals surface area contributed by atoms with Crippen LogP contribution in [0.2, 0.25) is 0 Å². The van der Waals surface area contributed by atoms with E-state index in [1.54, 1.807) is 6.92 Å². The van der Waals surface area contributed by atoms with Crippen LogP contribution in [0, 0.1) is 0 Å². The number of hydrogen-bond donors (Lipinski definition) is 1. The number of amides is 1. The Morgan fingerprint density at radius 2 is 2.12 bits per heavy atom. The summed E-state index contributed by atoms with van der Waals surface area (Å²) in [6.07, 6.45) is 0. The Bertz CT molecular complexity index is 495. The van der Waals surface area contributed by atoms with Gasteiger partial charge in [-0.1, -0.05) is 0 Å². The van der Waals surface area contributed by atoms with Crippen molar-refractivity contribution < 1.29 is 14.7 Å². The molecule has 92 valence electrons. The molecule has 17 heavy (non-hydrogen) atoms. The smallest absolute Gasteiger partial charge is 0.323 e. The number of carbonyl (C=O) groups is 2. The quantitative estimate of drug-likeness (QED) is 0.752. The molecular weight excluding hydrogens is 226 g/mol. The zero-order chi connectivity index (χ0) is 13.0. The molecule has 0 unspecified atom stereocenters. The predicted octanol–water partition coefficient (Wildman–Crippen LogP) is -0.673. The maximum Gasteiger partial charge on any atom is 0.323 e. The molecule has 1 heterocycles. The van der Waals surface area contributed by atoms with Gasteiger partial charge in [0, 0.05) is 19.7 Å². The van der Waals surface area contributed by atoms with Crippen molar-refractivity contribution >= 4 is 11.9 Å². The second-order valence-electron chi connectivity index (χ2n) is 3.39. The third kappa shape index (κ3) is 3.13. The van der Waals surface area contributed by atoms with Crippen LogP contribution in [0.15, 0.2) is 16.9 Å². The first-order valence-corrected chi connectivity index (χ1v) is 5.01. The molecule has 1 amide bonds. The first-order chi connectivity index (χ1) is 7.95. The van der Waals surface area contributed by atoms with E-state index in [4.69, 9.17) is 5.11 Å². The second-order valence-corrected chi connectivity index (χ2v) is 3.39. The van der Waals surface area contributed by atoms with Crippen molar-refractivity contribution in [1.29, 1.82) is 0 Å². The highest BCUT2D eigenvalue weighted by Crippen LogP contribution is 1.99. The van der Waals surface area contributed by atoms with E-state index in [1.165, 1.54) is 19.2 Å². The number of nitrogens with zero attached hydrogens (tertiary/aromatic N) is 3. The average molecular weight is 239 g/mol. The third-order valence-electron chi connectivity index (χ3n) is 2.17. The molecular formula is C10H13N3O4. The first-order valence-electron chi connectivity index (χ1n) is 5.01. The van der Waals surface area contributed by atoms with Gasteiger partial charge in [-0.05, 0) is 13.0 Å². The number of aryl methyl sites for hydroxylation is 1. The summed E-state index contributed by atoms with van der Waals surface area (Å²) in [5.74, 6) is -1.60. The van der Waals surface area contributed by atoms with Crippen LogP contribution >= 0.6 is 0 Å². The zero-order valence-electron chi connectivity index (χ0n) is 9.58. The van der Waals surface area contributed by atoms with Gasteiger partial charge >= 0.3 is 5.97 Å². The van der Waals surface area contributed by atoms with Gasteiger partial charge in [-0.15, -0.1) is 0 Å². The van der Waals surface area contributed by atoms with Gasteiger partial charge in [0.2, 0.25) is 0 Å². The maximum atomic E-state index is 11.9.